The summed E-state index contributed by atoms with van der Waals surface area (Å²) in [4.78, 5) is 0. The van der Waals surface area contributed by atoms with E-state index in [0.29, 0.717) is 0 Å². The van der Waals surface area contributed by atoms with Crippen LogP contribution in [-0.2, 0) is 16.5 Å². The second-order valence-corrected chi connectivity index (χ2v) is 3.26. The van der Waals surface area contributed by atoms with Crippen LogP contribution in [0, 0.1) is 0 Å². The fourth-order valence-corrected chi connectivity index (χ4v) is 1.27. The highest BCUT2D eigenvalue weighted by Gasteiger charge is 2.30. The topological polar surface area (TPSA) is 34.1 Å². The molecule has 0 saturated carbocycles. The van der Waals surface area contributed by atoms with Crippen molar-refractivity contribution in [1.29, 1.82) is 0 Å². The molecule has 0 radical (unpaired) electrons. The van der Waals surface area contributed by atoms with Crippen molar-refractivity contribution in [2.45, 2.75) is 6.18 Å². The first-order chi connectivity index (χ1) is 6.39. The first kappa shape index (κ1) is 10.8. The summed E-state index contributed by atoms with van der Waals surface area (Å²) in [6.07, 6.45) is -4.45. The first-order valence-electron chi connectivity index (χ1n) is 3.50. The number of hydrogen-bond donors (Lipinski definition) is 0. The molecule has 0 N–H and O–H groups in total. The van der Waals surface area contributed by atoms with E-state index in [9.17, 15) is 21.6 Å². The van der Waals surface area contributed by atoms with Crippen LogP contribution in [0.2, 0.25) is 0 Å². The third kappa shape index (κ3) is 2.88. The van der Waals surface area contributed by atoms with Gasteiger partial charge in [0.15, 0.2) is 0 Å². The molecule has 0 spiro atoms. The fourth-order valence-electron chi connectivity index (χ4n) is 0.899. The highest BCUT2D eigenvalue weighted by Crippen LogP contribution is 2.29. The Bertz CT molecular complexity index is 452. The van der Waals surface area contributed by atoms with Gasteiger partial charge in [-0.15, -0.1) is 0 Å². The lowest BCUT2D eigenvalue weighted by atomic mass is 10.1. The smallest absolute Gasteiger partial charge is 0.185 e. The summed E-state index contributed by atoms with van der Waals surface area (Å²) >= 11 is 0. The second kappa shape index (κ2) is 3.83. The standard InChI is InChI=1S/C8H5F3O2S/c9-8(10,11)7-3-1-2-6(4-7)5-14(12)13/h1-5H. The van der Waals surface area contributed by atoms with Crippen LogP contribution in [0.15, 0.2) is 24.3 Å². The van der Waals surface area contributed by atoms with Gasteiger partial charge in [-0.2, -0.15) is 21.6 Å². The molecule has 0 aliphatic carbocycles. The zero-order chi connectivity index (χ0) is 10.8. The van der Waals surface area contributed by atoms with E-state index in [1.165, 1.54) is 6.07 Å². The van der Waals surface area contributed by atoms with Crippen LogP contribution < -0.4 is 0 Å². The molecule has 0 atom stereocenters. The average Bonchev–Trinajstić information content (AvgIpc) is 2.01. The Balaban J connectivity index is 3.21. The van der Waals surface area contributed by atoms with Gasteiger partial charge in [-0.05, 0) is 17.7 Å². The Morgan fingerprint density at radius 3 is 2.36 bits per heavy atom. The molecule has 0 heterocycles. The van der Waals surface area contributed by atoms with E-state index in [1.54, 1.807) is 0 Å². The highest BCUT2D eigenvalue weighted by molar-refractivity contribution is 7.71. The zero-order valence-corrected chi connectivity index (χ0v) is 7.56. The van der Waals surface area contributed by atoms with Crippen LogP contribution >= 0.6 is 0 Å². The molecule has 1 rings (SSSR count). The molecule has 0 aliphatic rings. The van der Waals surface area contributed by atoms with Gasteiger partial charge in [0.1, 0.15) is 0 Å². The third-order valence-corrected chi connectivity index (χ3v) is 1.91. The number of halogens is 3. The summed E-state index contributed by atoms with van der Waals surface area (Å²) in [5, 5.41) is 0.717. The molecule has 1 aromatic carbocycles. The van der Waals surface area contributed by atoms with Crippen molar-refractivity contribution in [2.75, 3.05) is 0 Å². The maximum absolute atomic E-state index is 12.1. The van der Waals surface area contributed by atoms with Gasteiger partial charge in [0, 0.05) is 0 Å². The van der Waals surface area contributed by atoms with Gasteiger partial charge < -0.3 is 0 Å². The quantitative estimate of drug-likeness (QED) is 0.678. The van der Waals surface area contributed by atoms with Crippen molar-refractivity contribution in [3.05, 3.63) is 35.4 Å². The van der Waals surface area contributed by atoms with E-state index in [-0.39, 0.29) is 5.56 Å². The highest BCUT2D eigenvalue weighted by atomic mass is 32.2. The van der Waals surface area contributed by atoms with Crippen LogP contribution in [-0.4, -0.2) is 13.8 Å². The first-order valence-corrected chi connectivity index (χ1v) is 4.63. The van der Waals surface area contributed by atoms with Crippen LogP contribution in [0.3, 0.4) is 0 Å². The summed E-state index contributed by atoms with van der Waals surface area (Å²) in [5.74, 6) is 0. The van der Waals surface area contributed by atoms with Gasteiger partial charge >= 0.3 is 6.18 Å². The zero-order valence-electron chi connectivity index (χ0n) is 6.75. The molecular weight excluding hydrogens is 217 g/mol. The molecule has 0 fully saturated rings. The van der Waals surface area contributed by atoms with Crippen LogP contribution in [0.5, 0.6) is 0 Å². The summed E-state index contributed by atoms with van der Waals surface area (Å²) in [7, 11) is -2.49. The maximum Gasteiger partial charge on any atom is 0.416 e. The number of benzene rings is 1. The van der Waals surface area contributed by atoms with Crippen molar-refractivity contribution >= 4 is 15.7 Å². The number of alkyl halides is 3. The normalized spacial score (nSPS) is 11.1. The molecule has 0 aliphatic heterocycles. The minimum absolute atomic E-state index is 0.00755. The monoisotopic (exact) mass is 222 g/mol. The largest absolute Gasteiger partial charge is 0.416 e. The van der Waals surface area contributed by atoms with Gasteiger partial charge in [-0.3, -0.25) is 0 Å². The lowest BCUT2D eigenvalue weighted by Gasteiger charge is -2.05. The summed E-state index contributed by atoms with van der Waals surface area (Å²) in [6.45, 7) is 0. The number of hydrogen-bond acceptors (Lipinski definition) is 2. The maximum atomic E-state index is 12.1. The predicted molar refractivity (Wildman–Crippen MR) is 45.5 cm³/mol. The molecule has 14 heavy (non-hydrogen) atoms. The van der Waals surface area contributed by atoms with Gasteiger partial charge in [0.25, 0.3) is 0 Å². The summed E-state index contributed by atoms with van der Waals surface area (Å²) < 4.78 is 56.8. The minimum atomic E-state index is -4.45. The van der Waals surface area contributed by atoms with E-state index >= 15 is 0 Å². The Kier molecular flexibility index (Phi) is 2.95. The van der Waals surface area contributed by atoms with E-state index in [0.717, 1.165) is 23.6 Å². The Hall–Kier alpha value is -1.30. The SMILES string of the molecule is O=S(=O)=Cc1cccc(C(F)(F)F)c1. The van der Waals surface area contributed by atoms with Gasteiger partial charge in [-0.1, -0.05) is 12.1 Å². The Labute approximate surface area is 79.5 Å². The van der Waals surface area contributed by atoms with Crippen molar-refractivity contribution in [2.24, 2.45) is 0 Å². The summed E-state index contributed by atoms with van der Waals surface area (Å²) in [5.41, 5.74) is -0.857. The Morgan fingerprint density at radius 2 is 1.86 bits per heavy atom. The minimum Gasteiger partial charge on any atom is -0.185 e. The molecule has 1 aromatic rings. The molecule has 76 valence electrons. The van der Waals surface area contributed by atoms with E-state index in [2.05, 4.69) is 0 Å². The van der Waals surface area contributed by atoms with Crippen molar-refractivity contribution < 1.29 is 21.6 Å². The van der Waals surface area contributed by atoms with Gasteiger partial charge in [0.2, 0.25) is 10.3 Å². The molecule has 2 nitrogen and oxygen atoms in total. The van der Waals surface area contributed by atoms with Gasteiger partial charge in [-0.25, -0.2) is 0 Å². The van der Waals surface area contributed by atoms with Crippen molar-refractivity contribution in [3.8, 4) is 0 Å². The fraction of sp³-hybridized carbons (Fsp3) is 0.125. The molecule has 0 aromatic heterocycles. The molecule has 0 unspecified atom stereocenters. The predicted octanol–water partition coefficient (Wildman–Crippen LogP) is 1.73. The number of rotatable bonds is 1. The van der Waals surface area contributed by atoms with E-state index < -0.39 is 22.0 Å². The third-order valence-electron chi connectivity index (χ3n) is 1.45. The van der Waals surface area contributed by atoms with E-state index in [4.69, 9.17) is 0 Å². The molecule has 0 saturated heterocycles. The molecule has 0 bridgehead atoms. The summed E-state index contributed by atoms with van der Waals surface area (Å²) in [6, 6.07) is 4.09. The van der Waals surface area contributed by atoms with Gasteiger partial charge in [0.05, 0.1) is 10.9 Å². The van der Waals surface area contributed by atoms with E-state index in [1.807, 2.05) is 0 Å². The second-order valence-electron chi connectivity index (χ2n) is 2.50. The van der Waals surface area contributed by atoms with Crippen molar-refractivity contribution in [1.82, 2.24) is 0 Å². The molecule has 6 heteroatoms. The average molecular weight is 222 g/mol. The Morgan fingerprint density at radius 1 is 1.21 bits per heavy atom. The molecule has 0 amide bonds. The molecular formula is C8H5F3O2S. The van der Waals surface area contributed by atoms with Crippen LogP contribution in [0.25, 0.3) is 0 Å². The lowest BCUT2D eigenvalue weighted by Crippen LogP contribution is -2.05. The lowest BCUT2D eigenvalue weighted by molar-refractivity contribution is -0.137. The van der Waals surface area contributed by atoms with Crippen LogP contribution in [0.4, 0.5) is 13.2 Å². The van der Waals surface area contributed by atoms with Crippen LogP contribution in [0.1, 0.15) is 11.1 Å². The van der Waals surface area contributed by atoms with Crippen molar-refractivity contribution in [3.63, 3.8) is 0 Å².